The van der Waals surface area contributed by atoms with Gasteiger partial charge in [-0.1, -0.05) is 43.1 Å². The third-order valence-electron chi connectivity index (χ3n) is 5.02. The maximum atomic E-state index is 13.0. The van der Waals surface area contributed by atoms with Crippen molar-refractivity contribution in [3.8, 4) is 5.75 Å². The van der Waals surface area contributed by atoms with Gasteiger partial charge in [-0.15, -0.1) is 0 Å². The molecule has 3 aromatic rings. The van der Waals surface area contributed by atoms with Gasteiger partial charge in [0.2, 0.25) is 0 Å². The lowest BCUT2D eigenvalue weighted by molar-refractivity contribution is 0.0902. The summed E-state index contributed by atoms with van der Waals surface area (Å²) in [5, 5.41) is 13.9. The van der Waals surface area contributed by atoms with E-state index in [1.54, 1.807) is 7.11 Å². The molecule has 0 saturated carbocycles. The number of aromatic nitrogens is 1. The van der Waals surface area contributed by atoms with Gasteiger partial charge >= 0.3 is 0 Å². The number of hydrogen-bond donors (Lipinski definition) is 2. The largest absolute Gasteiger partial charge is 0.496 e. The first kappa shape index (κ1) is 21.2. The van der Waals surface area contributed by atoms with Crippen LogP contribution >= 0.6 is 11.6 Å². The van der Waals surface area contributed by atoms with Crippen molar-refractivity contribution in [2.75, 3.05) is 20.3 Å². The van der Waals surface area contributed by atoms with Crippen molar-refractivity contribution in [3.05, 3.63) is 64.3 Å². The Kier molecular flexibility index (Phi) is 6.20. The van der Waals surface area contributed by atoms with E-state index in [0.29, 0.717) is 23.8 Å². The van der Waals surface area contributed by atoms with Gasteiger partial charge in [-0.2, -0.15) is 0 Å². The number of amides is 1. The zero-order chi connectivity index (χ0) is 21.2. The second-order valence-electron chi connectivity index (χ2n) is 8.14. The summed E-state index contributed by atoms with van der Waals surface area (Å²) >= 11 is 6.17. The predicted octanol–water partition coefficient (Wildman–Crippen LogP) is 4.41. The highest BCUT2D eigenvalue weighted by Gasteiger charge is 2.21. The van der Waals surface area contributed by atoms with Gasteiger partial charge in [0, 0.05) is 40.1 Å². The van der Waals surface area contributed by atoms with E-state index in [-0.39, 0.29) is 12.5 Å². The number of aliphatic hydroxyl groups is 1. The zero-order valence-electron chi connectivity index (χ0n) is 17.3. The zero-order valence-corrected chi connectivity index (χ0v) is 18.0. The van der Waals surface area contributed by atoms with E-state index in [4.69, 9.17) is 16.3 Å². The minimum Gasteiger partial charge on any atom is -0.496 e. The van der Waals surface area contributed by atoms with Crippen molar-refractivity contribution in [1.82, 2.24) is 9.88 Å². The molecule has 0 atom stereocenters. The monoisotopic (exact) mass is 414 g/mol. The molecule has 0 radical (unpaired) electrons. The lowest BCUT2D eigenvalue weighted by Crippen LogP contribution is -2.36. The summed E-state index contributed by atoms with van der Waals surface area (Å²) in [6, 6.07) is 13.5. The van der Waals surface area contributed by atoms with Gasteiger partial charge in [0.15, 0.2) is 0 Å². The average molecular weight is 415 g/mol. The number of halogens is 1. The van der Waals surface area contributed by atoms with Crippen LogP contribution in [-0.2, 0) is 6.54 Å². The Bertz CT molecular complexity index is 1040. The fourth-order valence-corrected chi connectivity index (χ4v) is 3.45. The number of hydrogen-bond acceptors (Lipinski definition) is 3. The van der Waals surface area contributed by atoms with Crippen LogP contribution in [-0.4, -0.2) is 35.8 Å². The standard InChI is InChI=1S/C23H27ClN2O3/c1-15-5-8-21(29-4)17(9-15)12-26-19-7-6-18(24)10-16(19)11-20(26)22(28)25-13-23(2,3)14-27/h5-11,27H,12-14H2,1-4H3,(H,25,28). The lowest BCUT2D eigenvalue weighted by Gasteiger charge is -2.22. The second kappa shape index (κ2) is 8.47. The molecule has 0 aliphatic carbocycles. The molecular weight excluding hydrogens is 388 g/mol. The van der Waals surface area contributed by atoms with Crippen LogP contribution in [0, 0.1) is 12.3 Å². The number of carbonyl (C=O) groups is 1. The van der Waals surface area contributed by atoms with E-state index in [2.05, 4.69) is 11.4 Å². The molecule has 0 bridgehead atoms. The number of methoxy groups -OCH3 is 1. The summed E-state index contributed by atoms with van der Waals surface area (Å²) in [5.41, 5.74) is 3.18. The summed E-state index contributed by atoms with van der Waals surface area (Å²) in [6.07, 6.45) is 0. The van der Waals surface area contributed by atoms with Gasteiger partial charge in [0.05, 0.1) is 13.7 Å². The molecule has 1 aromatic heterocycles. The third-order valence-corrected chi connectivity index (χ3v) is 5.25. The first-order chi connectivity index (χ1) is 13.7. The molecule has 2 N–H and O–H groups in total. The van der Waals surface area contributed by atoms with Crippen molar-refractivity contribution in [2.24, 2.45) is 5.41 Å². The molecule has 0 saturated heterocycles. The molecule has 0 fully saturated rings. The molecule has 5 nitrogen and oxygen atoms in total. The molecule has 0 aliphatic heterocycles. The molecule has 1 heterocycles. The fourth-order valence-electron chi connectivity index (χ4n) is 3.27. The quantitative estimate of drug-likeness (QED) is 0.602. The van der Waals surface area contributed by atoms with Crippen LogP contribution in [0.15, 0.2) is 42.5 Å². The van der Waals surface area contributed by atoms with E-state index in [1.165, 1.54) is 0 Å². The number of fused-ring (bicyclic) bond motifs is 1. The number of benzene rings is 2. The first-order valence-electron chi connectivity index (χ1n) is 9.55. The summed E-state index contributed by atoms with van der Waals surface area (Å²) < 4.78 is 7.50. The number of aryl methyl sites for hydroxylation is 1. The first-order valence-corrected chi connectivity index (χ1v) is 9.93. The summed E-state index contributed by atoms with van der Waals surface area (Å²) in [4.78, 5) is 13.0. The van der Waals surface area contributed by atoms with Crippen molar-refractivity contribution in [1.29, 1.82) is 0 Å². The number of nitrogens with zero attached hydrogens (tertiary/aromatic N) is 1. The van der Waals surface area contributed by atoms with Crippen LogP contribution in [0.1, 0.15) is 35.5 Å². The number of aliphatic hydroxyl groups excluding tert-OH is 1. The molecule has 6 heteroatoms. The van der Waals surface area contributed by atoms with E-state index >= 15 is 0 Å². The molecule has 3 rings (SSSR count). The van der Waals surface area contributed by atoms with Crippen LogP contribution in [0.5, 0.6) is 5.75 Å². The number of nitrogens with one attached hydrogen (secondary N) is 1. The number of rotatable bonds is 7. The Morgan fingerprint density at radius 3 is 2.66 bits per heavy atom. The Balaban J connectivity index is 2.04. The van der Waals surface area contributed by atoms with Crippen LogP contribution in [0.4, 0.5) is 0 Å². The number of carbonyl (C=O) groups excluding carboxylic acids is 1. The second-order valence-corrected chi connectivity index (χ2v) is 8.58. The number of ether oxygens (including phenoxy) is 1. The molecular formula is C23H27ClN2O3. The molecule has 0 unspecified atom stereocenters. The highest BCUT2D eigenvalue weighted by atomic mass is 35.5. The van der Waals surface area contributed by atoms with Crippen LogP contribution in [0.2, 0.25) is 5.02 Å². The Morgan fingerprint density at radius 1 is 1.21 bits per heavy atom. The van der Waals surface area contributed by atoms with Crippen LogP contribution in [0.25, 0.3) is 10.9 Å². The van der Waals surface area contributed by atoms with Crippen LogP contribution in [0.3, 0.4) is 0 Å². The molecule has 2 aromatic carbocycles. The SMILES string of the molecule is COc1ccc(C)cc1Cn1c(C(=O)NCC(C)(C)CO)cc2cc(Cl)ccc21. The molecule has 154 valence electrons. The van der Waals surface area contributed by atoms with Gasteiger partial charge in [-0.05, 0) is 37.3 Å². The van der Waals surface area contributed by atoms with E-state index in [1.807, 2.05) is 61.7 Å². The van der Waals surface area contributed by atoms with Crippen molar-refractivity contribution < 1.29 is 14.6 Å². The Morgan fingerprint density at radius 2 is 1.97 bits per heavy atom. The average Bonchev–Trinajstić information content (AvgIpc) is 3.04. The summed E-state index contributed by atoms with van der Waals surface area (Å²) in [7, 11) is 1.65. The lowest BCUT2D eigenvalue weighted by atomic mass is 9.95. The van der Waals surface area contributed by atoms with E-state index in [9.17, 15) is 9.90 Å². The Labute approximate surface area is 176 Å². The summed E-state index contributed by atoms with van der Waals surface area (Å²) in [5.74, 6) is 0.588. The minimum absolute atomic E-state index is 0.00757. The van der Waals surface area contributed by atoms with E-state index < -0.39 is 5.41 Å². The van der Waals surface area contributed by atoms with Crippen molar-refractivity contribution in [2.45, 2.75) is 27.3 Å². The van der Waals surface area contributed by atoms with Gasteiger partial charge < -0.3 is 19.7 Å². The Hall–Kier alpha value is -2.50. The highest BCUT2D eigenvalue weighted by Crippen LogP contribution is 2.28. The van der Waals surface area contributed by atoms with Crippen molar-refractivity contribution >= 4 is 28.4 Å². The van der Waals surface area contributed by atoms with Gasteiger partial charge in [0.25, 0.3) is 5.91 Å². The predicted molar refractivity (Wildman–Crippen MR) is 117 cm³/mol. The third kappa shape index (κ3) is 4.74. The van der Waals surface area contributed by atoms with Gasteiger partial charge in [-0.25, -0.2) is 0 Å². The van der Waals surface area contributed by atoms with Gasteiger partial charge in [0.1, 0.15) is 11.4 Å². The smallest absolute Gasteiger partial charge is 0.267 e. The highest BCUT2D eigenvalue weighted by molar-refractivity contribution is 6.31. The van der Waals surface area contributed by atoms with E-state index in [0.717, 1.165) is 27.8 Å². The van der Waals surface area contributed by atoms with Gasteiger partial charge in [-0.3, -0.25) is 4.79 Å². The molecule has 0 aliphatic rings. The molecule has 0 spiro atoms. The van der Waals surface area contributed by atoms with Crippen LogP contribution < -0.4 is 10.1 Å². The molecule has 1 amide bonds. The topological polar surface area (TPSA) is 63.5 Å². The fraction of sp³-hybridized carbons (Fsp3) is 0.348. The maximum absolute atomic E-state index is 13.0. The normalized spacial score (nSPS) is 11.7. The summed E-state index contributed by atoms with van der Waals surface area (Å²) in [6.45, 7) is 6.69. The maximum Gasteiger partial charge on any atom is 0.267 e. The minimum atomic E-state index is -0.393. The van der Waals surface area contributed by atoms with Crippen molar-refractivity contribution in [3.63, 3.8) is 0 Å². The molecule has 29 heavy (non-hydrogen) atoms.